The van der Waals surface area contributed by atoms with Gasteiger partial charge in [0, 0.05) is 38.9 Å². The molecular weight excluding hydrogens is 244 g/mol. The third-order valence-corrected chi connectivity index (χ3v) is 2.60. The first-order valence-corrected chi connectivity index (χ1v) is 5.68. The fourth-order valence-electron chi connectivity index (χ4n) is 1.65. The fraction of sp³-hybridized carbons (Fsp3) is 0.182. The number of aromatic nitrogens is 7. The second-order valence-corrected chi connectivity index (χ2v) is 3.86. The van der Waals surface area contributed by atoms with Crippen LogP contribution in [0.5, 0.6) is 0 Å². The van der Waals surface area contributed by atoms with Gasteiger partial charge in [0.2, 0.25) is 17.7 Å². The normalized spacial score (nSPS) is 10.6. The molecule has 0 aliphatic heterocycles. The number of rotatable bonds is 3. The van der Waals surface area contributed by atoms with E-state index in [9.17, 15) is 0 Å². The highest BCUT2D eigenvalue weighted by Gasteiger charge is 2.12. The van der Waals surface area contributed by atoms with Crippen LogP contribution in [-0.4, -0.2) is 41.1 Å². The molecule has 0 atom stereocenters. The van der Waals surface area contributed by atoms with Crippen molar-refractivity contribution in [2.45, 2.75) is 0 Å². The Morgan fingerprint density at radius 3 is 2.63 bits per heavy atom. The zero-order valence-electron chi connectivity index (χ0n) is 10.5. The van der Waals surface area contributed by atoms with E-state index in [1.165, 1.54) is 0 Å². The van der Waals surface area contributed by atoms with Crippen LogP contribution in [0, 0.1) is 0 Å². The lowest BCUT2D eigenvalue weighted by atomic mass is 10.5. The second kappa shape index (κ2) is 4.48. The average molecular weight is 256 g/mol. The smallest absolute Gasteiger partial charge is 0.240 e. The molecule has 0 saturated carbocycles. The number of anilines is 1. The maximum atomic E-state index is 4.40. The summed E-state index contributed by atoms with van der Waals surface area (Å²) in [4.78, 5) is 21.2. The summed E-state index contributed by atoms with van der Waals surface area (Å²) in [5, 5.41) is 2.92. The van der Waals surface area contributed by atoms with Crippen LogP contribution in [0.1, 0.15) is 0 Å². The summed E-state index contributed by atoms with van der Waals surface area (Å²) < 4.78 is 3.57. The maximum Gasteiger partial charge on any atom is 0.240 e. The van der Waals surface area contributed by atoms with Crippen LogP contribution in [0.15, 0.2) is 31.1 Å². The van der Waals surface area contributed by atoms with Crippen molar-refractivity contribution in [2.75, 3.05) is 12.4 Å². The Kier molecular flexibility index (Phi) is 2.67. The summed E-state index contributed by atoms with van der Waals surface area (Å²) in [5.74, 6) is 2.17. The van der Waals surface area contributed by atoms with Gasteiger partial charge in [0.05, 0.1) is 0 Å². The van der Waals surface area contributed by atoms with Crippen LogP contribution in [0.4, 0.5) is 5.95 Å². The van der Waals surface area contributed by atoms with E-state index < -0.39 is 0 Å². The molecule has 0 fully saturated rings. The molecule has 0 bridgehead atoms. The molecule has 96 valence electrons. The van der Waals surface area contributed by atoms with Crippen LogP contribution >= 0.6 is 0 Å². The van der Waals surface area contributed by atoms with Crippen LogP contribution in [0.25, 0.3) is 17.6 Å². The van der Waals surface area contributed by atoms with Crippen LogP contribution in [0.3, 0.4) is 0 Å². The summed E-state index contributed by atoms with van der Waals surface area (Å²) >= 11 is 0. The number of nitrogens with zero attached hydrogens (tertiary/aromatic N) is 7. The summed E-state index contributed by atoms with van der Waals surface area (Å²) in [6.45, 7) is 0. The van der Waals surface area contributed by atoms with Crippen LogP contribution in [-0.2, 0) is 7.05 Å². The van der Waals surface area contributed by atoms with Gasteiger partial charge in [0.1, 0.15) is 6.33 Å². The van der Waals surface area contributed by atoms with E-state index in [1.54, 1.807) is 36.5 Å². The summed E-state index contributed by atoms with van der Waals surface area (Å²) in [6.07, 6.45) is 8.63. The second-order valence-electron chi connectivity index (χ2n) is 3.86. The maximum absolute atomic E-state index is 4.40. The predicted molar refractivity (Wildman–Crippen MR) is 68.7 cm³/mol. The number of hydrogen-bond acceptors (Lipinski definition) is 6. The molecule has 0 amide bonds. The van der Waals surface area contributed by atoms with E-state index in [0.717, 1.165) is 0 Å². The predicted octanol–water partition coefficient (Wildman–Crippen LogP) is 0.499. The van der Waals surface area contributed by atoms with Crippen LogP contribution in [0.2, 0.25) is 0 Å². The first kappa shape index (κ1) is 11.3. The van der Waals surface area contributed by atoms with E-state index in [1.807, 2.05) is 17.8 Å². The monoisotopic (exact) mass is 256 g/mol. The average Bonchev–Trinajstić information content (AvgIpc) is 3.09. The zero-order chi connectivity index (χ0) is 13.2. The van der Waals surface area contributed by atoms with Crippen LogP contribution < -0.4 is 5.32 Å². The number of aryl methyl sites for hydroxylation is 1. The van der Waals surface area contributed by atoms with Crippen molar-refractivity contribution < 1.29 is 0 Å². The molecule has 0 radical (unpaired) electrons. The van der Waals surface area contributed by atoms with Gasteiger partial charge in [-0.15, -0.1) is 0 Å². The van der Waals surface area contributed by atoms with Gasteiger partial charge in [-0.1, -0.05) is 0 Å². The van der Waals surface area contributed by atoms with Gasteiger partial charge in [-0.2, -0.15) is 15.0 Å². The zero-order valence-corrected chi connectivity index (χ0v) is 10.5. The third kappa shape index (κ3) is 2.03. The molecule has 3 aromatic heterocycles. The highest BCUT2D eigenvalue weighted by Crippen LogP contribution is 2.14. The van der Waals surface area contributed by atoms with Crippen molar-refractivity contribution in [1.29, 1.82) is 0 Å². The molecule has 8 heteroatoms. The number of nitrogens with one attached hydrogen (secondary N) is 1. The molecule has 0 unspecified atom stereocenters. The number of imidazole rings is 2. The van der Waals surface area contributed by atoms with Gasteiger partial charge in [-0.25, -0.2) is 9.97 Å². The summed E-state index contributed by atoms with van der Waals surface area (Å²) in [7, 11) is 3.65. The quantitative estimate of drug-likeness (QED) is 0.734. The largest absolute Gasteiger partial charge is 0.357 e. The van der Waals surface area contributed by atoms with Crippen molar-refractivity contribution in [3.63, 3.8) is 0 Å². The Bertz CT molecular complexity index is 685. The lowest BCUT2D eigenvalue weighted by Crippen LogP contribution is -2.08. The van der Waals surface area contributed by atoms with E-state index in [2.05, 4.69) is 30.2 Å². The number of hydrogen-bond donors (Lipinski definition) is 1. The van der Waals surface area contributed by atoms with Gasteiger partial charge < -0.3 is 9.88 Å². The molecule has 0 saturated heterocycles. The molecule has 0 aliphatic carbocycles. The summed E-state index contributed by atoms with van der Waals surface area (Å²) in [6, 6.07) is 0. The molecule has 3 aromatic rings. The van der Waals surface area contributed by atoms with Crippen molar-refractivity contribution >= 4 is 5.95 Å². The van der Waals surface area contributed by atoms with E-state index in [-0.39, 0.29) is 0 Å². The molecule has 19 heavy (non-hydrogen) atoms. The van der Waals surface area contributed by atoms with Crippen molar-refractivity contribution in [3.8, 4) is 17.6 Å². The van der Waals surface area contributed by atoms with Crippen molar-refractivity contribution in [1.82, 2.24) is 34.1 Å². The highest BCUT2D eigenvalue weighted by atomic mass is 15.3. The third-order valence-electron chi connectivity index (χ3n) is 2.60. The van der Waals surface area contributed by atoms with Gasteiger partial charge in [0.15, 0.2) is 5.82 Å². The van der Waals surface area contributed by atoms with Gasteiger partial charge in [0.25, 0.3) is 0 Å². The Morgan fingerprint density at radius 1 is 1.11 bits per heavy atom. The lowest BCUT2D eigenvalue weighted by Gasteiger charge is -2.06. The van der Waals surface area contributed by atoms with E-state index >= 15 is 0 Å². The molecule has 3 rings (SSSR count). The molecule has 0 aromatic carbocycles. The topological polar surface area (TPSA) is 86.3 Å². The minimum atomic E-state index is 0.483. The van der Waals surface area contributed by atoms with E-state index in [0.29, 0.717) is 23.5 Å². The van der Waals surface area contributed by atoms with Gasteiger partial charge in [-0.3, -0.25) is 4.57 Å². The highest BCUT2D eigenvalue weighted by molar-refractivity contribution is 5.48. The minimum absolute atomic E-state index is 0.483. The summed E-state index contributed by atoms with van der Waals surface area (Å²) in [5.41, 5.74) is 0. The van der Waals surface area contributed by atoms with Gasteiger partial charge in [-0.05, 0) is 0 Å². The molecular formula is C11H12N8. The van der Waals surface area contributed by atoms with E-state index in [4.69, 9.17) is 0 Å². The first-order chi connectivity index (χ1) is 9.28. The van der Waals surface area contributed by atoms with Crippen molar-refractivity contribution in [3.05, 3.63) is 31.1 Å². The Morgan fingerprint density at radius 2 is 2.00 bits per heavy atom. The lowest BCUT2D eigenvalue weighted by molar-refractivity contribution is 0.867. The Balaban J connectivity index is 2.16. The standard InChI is InChI=1S/C11H12N8/c1-12-10-15-8(9-14-4-5-18(9)2)16-11(17-10)19-6-3-13-7-19/h3-7H,1-2H3,(H,12,15,16,17). The fourth-order valence-corrected chi connectivity index (χ4v) is 1.65. The first-order valence-electron chi connectivity index (χ1n) is 5.68. The Labute approximate surface area is 109 Å². The SMILES string of the molecule is CNc1nc(-c2nccn2C)nc(-n2ccnc2)n1. The molecule has 0 spiro atoms. The molecule has 1 N–H and O–H groups in total. The molecule has 0 aliphatic rings. The molecule has 8 nitrogen and oxygen atoms in total. The van der Waals surface area contributed by atoms with Crippen molar-refractivity contribution in [2.24, 2.45) is 7.05 Å². The Hall–Kier alpha value is -2.77. The minimum Gasteiger partial charge on any atom is -0.357 e. The van der Waals surface area contributed by atoms with Gasteiger partial charge >= 0.3 is 0 Å². The molecule has 3 heterocycles.